The van der Waals surface area contributed by atoms with Gasteiger partial charge in [-0.3, -0.25) is 14.5 Å². The van der Waals surface area contributed by atoms with Crippen molar-refractivity contribution in [2.45, 2.75) is 50.7 Å². The number of hydrogen-bond donors (Lipinski definition) is 1. The summed E-state index contributed by atoms with van der Waals surface area (Å²) >= 11 is 0. The maximum Gasteiger partial charge on any atom is 0.263 e. The van der Waals surface area contributed by atoms with Crippen molar-refractivity contribution in [3.05, 3.63) is 102 Å². The van der Waals surface area contributed by atoms with Crippen LogP contribution in [-0.4, -0.2) is 56.6 Å². The van der Waals surface area contributed by atoms with Crippen molar-refractivity contribution in [1.82, 2.24) is 4.90 Å². The molecule has 0 aliphatic carbocycles. The summed E-state index contributed by atoms with van der Waals surface area (Å²) in [7, 11) is -1.83. The van der Waals surface area contributed by atoms with Crippen LogP contribution in [-0.2, 0) is 16.1 Å². The zero-order valence-corrected chi connectivity index (χ0v) is 27.1. The molecule has 0 bridgehead atoms. The zero-order valence-electron chi connectivity index (χ0n) is 26.1. The summed E-state index contributed by atoms with van der Waals surface area (Å²) in [6.45, 7) is 5.52. The van der Waals surface area contributed by atoms with Gasteiger partial charge in [0.1, 0.15) is 11.9 Å². The normalized spacial score (nSPS) is 19.7. The smallest absolute Gasteiger partial charge is 0.263 e. The molecule has 4 atom stereocenters. The largest absolute Gasteiger partial charge is 0.490 e. The molecule has 0 spiro atoms. The minimum absolute atomic E-state index is 0.0358. The maximum absolute atomic E-state index is 16.2. The third-order valence-electron chi connectivity index (χ3n) is 9.24. The third kappa shape index (κ3) is 5.76. The van der Waals surface area contributed by atoms with Gasteiger partial charge in [0.25, 0.3) is 5.91 Å². The first kappa shape index (κ1) is 31.0. The van der Waals surface area contributed by atoms with E-state index in [1.807, 2.05) is 91.9 Å². The van der Waals surface area contributed by atoms with Gasteiger partial charge in [-0.2, -0.15) is 0 Å². The Morgan fingerprint density at radius 2 is 1.80 bits per heavy atom. The average Bonchev–Trinajstić information content (AvgIpc) is 3.32. The SMILES string of the molecule is CO[C@@H]1c2cc(N3C(=O)c4cccc5cccc3c45)ccc2O[C@H](C(CC(=O)N(CCO)Cc2ccccc2)[Si](C)(C)F)[C@H]1C. The summed E-state index contributed by atoms with van der Waals surface area (Å²) in [5.41, 5.74) is 3.26. The quantitative estimate of drug-likeness (QED) is 0.149. The molecule has 7 nitrogen and oxygen atoms in total. The lowest BCUT2D eigenvalue weighted by atomic mass is 9.86. The molecule has 0 saturated heterocycles. The van der Waals surface area contributed by atoms with E-state index in [4.69, 9.17) is 9.47 Å². The lowest BCUT2D eigenvalue weighted by Crippen LogP contribution is -2.48. The second-order valence-corrected chi connectivity index (χ2v) is 16.4. The van der Waals surface area contributed by atoms with Crippen LogP contribution in [0, 0.1) is 5.92 Å². The number of amides is 2. The molecule has 2 aliphatic heterocycles. The highest BCUT2D eigenvalue weighted by atomic mass is 28.4. The second kappa shape index (κ2) is 12.4. The lowest BCUT2D eigenvalue weighted by Gasteiger charge is -2.43. The number of nitrogens with zero attached hydrogens (tertiary/aromatic N) is 2. The number of aliphatic hydroxyl groups excluding tert-OH is 1. The van der Waals surface area contributed by atoms with Crippen molar-refractivity contribution in [1.29, 1.82) is 0 Å². The number of anilines is 2. The monoisotopic (exact) mass is 626 g/mol. The number of halogens is 1. The molecule has 4 aromatic rings. The summed E-state index contributed by atoms with van der Waals surface area (Å²) in [5.74, 6) is -0.0370. The van der Waals surface area contributed by atoms with E-state index in [-0.39, 0.29) is 37.3 Å². The average molecular weight is 627 g/mol. The third-order valence-corrected chi connectivity index (χ3v) is 11.5. The Balaban J connectivity index is 1.30. The van der Waals surface area contributed by atoms with Crippen LogP contribution in [0.15, 0.2) is 84.9 Å². The fraction of sp³-hybridized carbons (Fsp3) is 0.333. The highest BCUT2D eigenvalue weighted by molar-refractivity contribution is 6.72. The summed E-state index contributed by atoms with van der Waals surface area (Å²) in [6.07, 6.45) is -1.09. The Kier molecular flexibility index (Phi) is 8.52. The van der Waals surface area contributed by atoms with Gasteiger partial charge < -0.3 is 23.6 Å². The molecule has 0 fully saturated rings. The fourth-order valence-corrected chi connectivity index (χ4v) is 8.77. The predicted octanol–water partition coefficient (Wildman–Crippen LogP) is 7.17. The Bertz CT molecular complexity index is 1720. The van der Waals surface area contributed by atoms with Crippen molar-refractivity contribution in [3.8, 4) is 5.75 Å². The molecule has 0 aromatic heterocycles. The van der Waals surface area contributed by atoms with Crippen molar-refractivity contribution in [2.75, 3.05) is 25.2 Å². The molecule has 45 heavy (non-hydrogen) atoms. The molecular weight excluding hydrogens is 587 g/mol. The second-order valence-electron chi connectivity index (χ2n) is 12.5. The molecule has 1 N–H and O–H groups in total. The highest BCUT2D eigenvalue weighted by Crippen LogP contribution is 2.50. The predicted molar refractivity (Wildman–Crippen MR) is 176 cm³/mol. The number of benzene rings is 4. The molecule has 2 amide bonds. The van der Waals surface area contributed by atoms with Crippen molar-refractivity contribution >= 4 is 42.4 Å². The van der Waals surface area contributed by atoms with E-state index >= 15 is 4.11 Å². The molecule has 234 valence electrons. The number of hydrogen-bond acceptors (Lipinski definition) is 5. The van der Waals surface area contributed by atoms with E-state index in [0.29, 0.717) is 23.5 Å². The molecule has 1 unspecified atom stereocenters. The van der Waals surface area contributed by atoms with Gasteiger partial charge in [-0.05, 0) is 54.4 Å². The number of carbonyl (C=O) groups excluding carboxylic acids is 2. The minimum atomic E-state index is -3.45. The number of aliphatic hydroxyl groups is 1. The van der Waals surface area contributed by atoms with Gasteiger partial charge in [-0.15, -0.1) is 0 Å². The van der Waals surface area contributed by atoms with Crippen molar-refractivity contribution in [2.24, 2.45) is 5.92 Å². The zero-order chi connectivity index (χ0) is 31.9. The van der Waals surface area contributed by atoms with Gasteiger partial charge in [0.15, 0.2) is 0 Å². The van der Waals surface area contributed by atoms with Crippen molar-refractivity contribution < 1.29 is 28.3 Å². The maximum atomic E-state index is 16.2. The van der Waals surface area contributed by atoms with E-state index in [9.17, 15) is 14.7 Å². The summed E-state index contributed by atoms with van der Waals surface area (Å²) in [6, 6.07) is 26.8. The van der Waals surface area contributed by atoms with E-state index in [2.05, 4.69) is 0 Å². The van der Waals surface area contributed by atoms with Gasteiger partial charge >= 0.3 is 0 Å². The van der Waals surface area contributed by atoms with Crippen LogP contribution in [0.5, 0.6) is 5.75 Å². The topological polar surface area (TPSA) is 79.3 Å². The lowest BCUT2D eigenvalue weighted by molar-refractivity contribution is -0.133. The Hall–Kier alpha value is -4.05. The first-order valence-corrected chi connectivity index (χ1v) is 18.4. The molecule has 9 heteroatoms. The van der Waals surface area contributed by atoms with Gasteiger partial charge in [0.2, 0.25) is 14.3 Å². The number of methoxy groups -OCH3 is 1. The van der Waals surface area contributed by atoms with Gasteiger partial charge in [-0.25, -0.2) is 0 Å². The van der Waals surface area contributed by atoms with Crippen LogP contribution < -0.4 is 9.64 Å². The molecule has 6 rings (SSSR count). The van der Waals surface area contributed by atoms with E-state index < -0.39 is 26.2 Å². The summed E-state index contributed by atoms with van der Waals surface area (Å²) in [5, 5.41) is 11.6. The van der Waals surface area contributed by atoms with Crippen LogP contribution in [0.4, 0.5) is 15.5 Å². The molecule has 4 aromatic carbocycles. The number of carbonyl (C=O) groups is 2. The molecule has 2 heterocycles. The fourth-order valence-electron chi connectivity index (χ4n) is 6.96. The van der Waals surface area contributed by atoms with E-state index in [1.165, 1.54) is 0 Å². The molecular formula is C36H39FN2O5Si. The standard InChI is InChI=1S/C36H39FN2O5Si/c1-23-34(43-2)28-20-26(39-29-15-9-13-25-12-8-14-27(33(25)29)36(39)42)16-17-30(28)44-35(23)31(45(3,4)37)21-32(41)38(18-19-40)22-24-10-6-5-7-11-24/h5-17,20,23,31,34-35,40H,18-19,21-22H2,1-4H3/t23-,31?,34-,35-/m0/s1. The first-order valence-electron chi connectivity index (χ1n) is 15.4. The van der Waals surface area contributed by atoms with Crippen LogP contribution in [0.2, 0.25) is 18.6 Å². The number of rotatable bonds is 10. The van der Waals surface area contributed by atoms with E-state index in [0.717, 1.165) is 27.6 Å². The molecule has 0 saturated carbocycles. The van der Waals surface area contributed by atoms with Crippen LogP contribution >= 0.6 is 0 Å². The van der Waals surface area contributed by atoms with Crippen LogP contribution in [0.25, 0.3) is 10.8 Å². The Morgan fingerprint density at radius 3 is 2.49 bits per heavy atom. The van der Waals surface area contributed by atoms with E-state index in [1.54, 1.807) is 30.0 Å². The van der Waals surface area contributed by atoms with Crippen LogP contribution in [0.3, 0.4) is 0 Å². The Morgan fingerprint density at radius 1 is 1.07 bits per heavy atom. The molecule has 2 aliphatic rings. The summed E-state index contributed by atoms with van der Waals surface area (Å²) < 4.78 is 28.8. The molecule has 0 radical (unpaired) electrons. The van der Waals surface area contributed by atoms with Crippen molar-refractivity contribution in [3.63, 3.8) is 0 Å². The van der Waals surface area contributed by atoms with Crippen LogP contribution in [0.1, 0.15) is 40.9 Å². The van der Waals surface area contributed by atoms with Gasteiger partial charge in [0.05, 0.1) is 24.0 Å². The number of ether oxygens (including phenoxy) is 2. The van der Waals surface area contributed by atoms with Gasteiger partial charge in [-0.1, -0.05) is 61.5 Å². The van der Waals surface area contributed by atoms with Gasteiger partial charge in [0, 0.05) is 54.7 Å². The Labute approximate surface area is 264 Å². The first-order chi connectivity index (χ1) is 21.6. The summed E-state index contributed by atoms with van der Waals surface area (Å²) in [4.78, 5) is 30.6. The highest BCUT2D eigenvalue weighted by Gasteiger charge is 2.49. The number of fused-ring (bicyclic) bond motifs is 1. The minimum Gasteiger partial charge on any atom is -0.490 e.